The number of nitrogens with one attached hydrogen (secondary N) is 1. The molecule has 0 heterocycles. The van der Waals surface area contributed by atoms with Crippen LogP contribution in [0.5, 0.6) is 0 Å². The molecule has 2 atom stereocenters. The summed E-state index contributed by atoms with van der Waals surface area (Å²) in [4.78, 5) is 23.0. The Kier molecular flexibility index (Phi) is 5.82. The molecule has 0 aliphatic heterocycles. The van der Waals surface area contributed by atoms with Gasteiger partial charge in [0, 0.05) is 6.92 Å². The quantitative estimate of drug-likeness (QED) is 0.832. The van der Waals surface area contributed by atoms with Crippen molar-refractivity contribution >= 4 is 22.1 Å². The van der Waals surface area contributed by atoms with E-state index in [9.17, 15) is 18.0 Å². The van der Waals surface area contributed by atoms with E-state index in [1.54, 1.807) is 12.1 Å². The molecule has 0 spiro atoms. The Morgan fingerprint density at radius 1 is 1.04 bits per heavy atom. The van der Waals surface area contributed by atoms with E-state index in [4.69, 9.17) is 9.47 Å². The topological polar surface area (TPSA) is 98.8 Å². The van der Waals surface area contributed by atoms with Gasteiger partial charge in [-0.05, 0) is 44.7 Å². The highest BCUT2D eigenvalue weighted by Crippen LogP contribution is 2.24. The molecule has 1 aliphatic carbocycles. The second kappa shape index (κ2) is 7.65. The average molecular weight is 355 g/mol. The first-order valence-corrected chi connectivity index (χ1v) is 9.23. The number of amides is 1. The first-order valence-electron chi connectivity index (χ1n) is 7.75. The van der Waals surface area contributed by atoms with E-state index < -0.39 is 34.3 Å². The molecule has 1 aliphatic rings. The van der Waals surface area contributed by atoms with Crippen molar-refractivity contribution in [3.63, 3.8) is 0 Å². The summed E-state index contributed by atoms with van der Waals surface area (Å²) in [7, 11) is -4.00. The lowest BCUT2D eigenvalue weighted by atomic mass is 9.94. The molecule has 1 aromatic rings. The Labute approximate surface area is 141 Å². The molecular weight excluding hydrogens is 334 g/mol. The Morgan fingerprint density at radius 3 is 2.12 bits per heavy atom. The Morgan fingerprint density at radius 2 is 1.58 bits per heavy atom. The molecule has 24 heavy (non-hydrogen) atoms. The van der Waals surface area contributed by atoms with Crippen LogP contribution in [0.3, 0.4) is 0 Å². The molecule has 1 fully saturated rings. The van der Waals surface area contributed by atoms with Crippen molar-refractivity contribution in [1.29, 1.82) is 0 Å². The fourth-order valence-electron chi connectivity index (χ4n) is 2.59. The monoisotopic (exact) mass is 355 g/mol. The molecule has 2 rings (SSSR count). The molecule has 0 unspecified atom stereocenters. The Bertz CT molecular complexity index is 698. The van der Waals surface area contributed by atoms with Crippen LogP contribution in [0.25, 0.3) is 0 Å². The van der Waals surface area contributed by atoms with Crippen LogP contribution in [0.4, 0.5) is 4.79 Å². The van der Waals surface area contributed by atoms with Crippen molar-refractivity contribution in [3.8, 4) is 0 Å². The number of ether oxygens (including phenoxy) is 2. The van der Waals surface area contributed by atoms with Crippen molar-refractivity contribution in [1.82, 2.24) is 4.72 Å². The first-order chi connectivity index (χ1) is 11.3. The van der Waals surface area contributed by atoms with Crippen LogP contribution in [0.1, 0.15) is 38.2 Å². The third kappa shape index (κ3) is 4.95. The molecule has 8 heteroatoms. The van der Waals surface area contributed by atoms with Gasteiger partial charge in [-0.15, -0.1) is 0 Å². The standard InChI is InChI=1S/C16H21NO6S/c1-11-7-9-13(10-8-11)24(20,21)17-16(19)23-15-6-4-3-5-14(15)22-12(2)18/h7-10,14-15H,3-6H2,1-2H3,(H,17,19)/t14-,15+/m1/s1. The van der Waals surface area contributed by atoms with Gasteiger partial charge in [0.15, 0.2) is 0 Å². The molecule has 7 nitrogen and oxygen atoms in total. The van der Waals surface area contributed by atoms with Crippen LogP contribution >= 0.6 is 0 Å². The fourth-order valence-corrected chi connectivity index (χ4v) is 3.47. The number of esters is 1. The van der Waals surface area contributed by atoms with Gasteiger partial charge in [0.2, 0.25) is 0 Å². The van der Waals surface area contributed by atoms with Crippen LogP contribution < -0.4 is 4.72 Å². The van der Waals surface area contributed by atoms with Crippen LogP contribution in [-0.4, -0.2) is 32.7 Å². The summed E-state index contributed by atoms with van der Waals surface area (Å²) in [5.74, 6) is -0.455. The van der Waals surface area contributed by atoms with Gasteiger partial charge in [-0.1, -0.05) is 17.7 Å². The lowest BCUT2D eigenvalue weighted by Gasteiger charge is -2.30. The van der Waals surface area contributed by atoms with Gasteiger partial charge >= 0.3 is 12.1 Å². The van der Waals surface area contributed by atoms with E-state index in [0.29, 0.717) is 12.8 Å². The number of carbonyl (C=O) groups is 2. The number of hydrogen-bond acceptors (Lipinski definition) is 6. The van der Waals surface area contributed by atoms with Gasteiger partial charge in [0.25, 0.3) is 10.0 Å². The van der Waals surface area contributed by atoms with Gasteiger partial charge in [0.05, 0.1) is 4.90 Å². The Balaban J connectivity index is 2.00. The van der Waals surface area contributed by atoms with E-state index in [1.165, 1.54) is 19.1 Å². The van der Waals surface area contributed by atoms with E-state index in [-0.39, 0.29) is 4.90 Å². The second-order valence-corrected chi connectivity index (χ2v) is 7.48. The highest BCUT2D eigenvalue weighted by molar-refractivity contribution is 7.90. The molecular formula is C16H21NO6S. The van der Waals surface area contributed by atoms with E-state index >= 15 is 0 Å². The van der Waals surface area contributed by atoms with Crippen LogP contribution in [0, 0.1) is 6.92 Å². The van der Waals surface area contributed by atoms with Crippen LogP contribution in [-0.2, 0) is 24.3 Å². The van der Waals surface area contributed by atoms with Crippen LogP contribution in [0.2, 0.25) is 0 Å². The third-order valence-electron chi connectivity index (χ3n) is 3.77. The summed E-state index contributed by atoms with van der Waals surface area (Å²) in [6.07, 6.45) is 0.541. The van der Waals surface area contributed by atoms with E-state index in [2.05, 4.69) is 0 Å². The van der Waals surface area contributed by atoms with Gasteiger partial charge in [0.1, 0.15) is 12.2 Å². The largest absolute Gasteiger partial charge is 0.459 e. The third-order valence-corrected chi connectivity index (χ3v) is 5.09. The molecule has 0 aromatic heterocycles. The minimum atomic E-state index is -4.00. The second-order valence-electron chi connectivity index (χ2n) is 5.79. The van der Waals surface area contributed by atoms with Crippen molar-refractivity contribution in [2.45, 2.75) is 56.6 Å². The number of hydrogen-bond donors (Lipinski definition) is 1. The fraction of sp³-hybridized carbons (Fsp3) is 0.500. The molecule has 0 saturated heterocycles. The van der Waals surface area contributed by atoms with Crippen molar-refractivity contribution in [3.05, 3.63) is 29.8 Å². The highest BCUT2D eigenvalue weighted by atomic mass is 32.2. The zero-order valence-electron chi connectivity index (χ0n) is 13.7. The van der Waals surface area contributed by atoms with Crippen molar-refractivity contribution in [2.24, 2.45) is 0 Å². The number of rotatable bonds is 4. The van der Waals surface area contributed by atoms with Crippen LogP contribution in [0.15, 0.2) is 29.2 Å². The minimum Gasteiger partial charge on any atom is -0.459 e. The smallest absolute Gasteiger partial charge is 0.421 e. The number of carbonyl (C=O) groups excluding carboxylic acids is 2. The van der Waals surface area contributed by atoms with Crippen molar-refractivity contribution < 1.29 is 27.5 Å². The SMILES string of the molecule is CC(=O)O[C@@H]1CCCC[C@@H]1OC(=O)NS(=O)(=O)c1ccc(C)cc1. The summed E-state index contributed by atoms with van der Waals surface area (Å²) in [6.45, 7) is 3.11. The molecule has 1 N–H and O–H groups in total. The number of sulfonamides is 1. The summed E-state index contributed by atoms with van der Waals surface area (Å²) < 4.78 is 36.5. The summed E-state index contributed by atoms with van der Waals surface area (Å²) >= 11 is 0. The Hall–Kier alpha value is -2.09. The molecule has 1 aromatic carbocycles. The number of aryl methyl sites for hydroxylation is 1. The van der Waals surface area contributed by atoms with Gasteiger partial charge in [-0.2, -0.15) is 0 Å². The van der Waals surface area contributed by atoms with Gasteiger partial charge < -0.3 is 9.47 Å². The van der Waals surface area contributed by atoms with E-state index in [0.717, 1.165) is 18.4 Å². The highest BCUT2D eigenvalue weighted by Gasteiger charge is 2.32. The predicted molar refractivity (Wildman–Crippen MR) is 85.8 cm³/mol. The molecule has 0 bridgehead atoms. The normalized spacial score (nSPS) is 20.9. The minimum absolute atomic E-state index is 0.0229. The lowest BCUT2D eigenvalue weighted by Crippen LogP contribution is -2.41. The molecule has 132 valence electrons. The van der Waals surface area contributed by atoms with Gasteiger partial charge in [-0.3, -0.25) is 4.79 Å². The molecule has 0 radical (unpaired) electrons. The van der Waals surface area contributed by atoms with E-state index in [1.807, 2.05) is 11.6 Å². The zero-order chi connectivity index (χ0) is 17.7. The van der Waals surface area contributed by atoms with Crippen molar-refractivity contribution in [2.75, 3.05) is 0 Å². The predicted octanol–water partition coefficient (Wildman–Crippen LogP) is 2.28. The zero-order valence-corrected chi connectivity index (χ0v) is 14.5. The average Bonchev–Trinajstić information content (AvgIpc) is 2.48. The maximum Gasteiger partial charge on any atom is 0.421 e. The summed E-state index contributed by atoms with van der Waals surface area (Å²) in [5.41, 5.74) is 0.906. The lowest BCUT2D eigenvalue weighted by molar-refractivity contribution is -0.154. The maximum absolute atomic E-state index is 12.2. The summed E-state index contributed by atoms with van der Waals surface area (Å²) in [5, 5.41) is 0. The number of benzene rings is 1. The first kappa shape index (κ1) is 18.3. The summed E-state index contributed by atoms with van der Waals surface area (Å²) in [6, 6.07) is 6.09. The van der Waals surface area contributed by atoms with Gasteiger partial charge in [-0.25, -0.2) is 17.9 Å². The maximum atomic E-state index is 12.2. The molecule has 1 saturated carbocycles. The molecule has 1 amide bonds.